The fourth-order valence-electron chi connectivity index (χ4n) is 2.44. The lowest BCUT2D eigenvalue weighted by Gasteiger charge is -2.13. The van der Waals surface area contributed by atoms with Crippen LogP contribution in [0.2, 0.25) is 0 Å². The molecule has 0 saturated carbocycles. The van der Waals surface area contributed by atoms with Gasteiger partial charge in [0.15, 0.2) is 5.75 Å². The van der Waals surface area contributed by atoms with E-state index in [2.05, 4.69) is 0 Å². The molecule has 0 N–H and O–H groups in total. The Morgan fingerprint density at radius 2 is 1.44 bits per heavy atom. The molecule has 0 atom stereocenters. The van der Waals surface area contributed by atoms with Gasteiger partial charge in [0.1, 0.15) is 11.5 Å². The molecule has 0 amide bonds. The summed E-state index contributed by atoms with van der Waals surface area (Å²) in [4.78, 5) is 23.7. The first-order valence-electron chi connectivity index (χ1n) is 7.67. The number of rotatable bonds is 4. The van der Waals surface area contributed by atoms with Crippen LogP contribution >= 0.6 is 0 Å². The van der Waals surface area contributed by atoms with Gasteiger partial charge < -0.3 is 18.6 Å². The Morgan fingerprint density at radius 3 is 2.08 bits per heavy atom. The number of benzene rings is 1. The molecular weight excluding hydrogens is 320 g/mol. The van der Waals surface area contributed by atoms with Crippen LogP contribution in [-0.2, 0) is 14.1 Å². The maximum Gasteiger partial charge on any atom is 0.251 e. The molecule has 0 radical (unpaired) electrons. The Morgan fingerprint density at radius 1 is 0.800 bits per heavy atom. The van der Waals surface area contributed by atoms with Crippen LogP contribution in [0.15, 0.2) is 64.4 Å². The lowest BCUT2D eigenvalue weighted by Crippen LogP contribution is -2.17. The minimum atomic E-state index is -0.161. The van der Waals surface area contributed by atoms with Gasteiger partial charge in [-0.05, 0) is 30.3 Å². The van der Waals surface area contributed by atoms with E-state index < -0.39 is 0 Å². The van der Waals surface area contributed by atoms with Crippen molar-refractivity contribution >= 4 is 0 Å². The van der Waals surface area contributed by atoms with Crippen LogP contribution in [0.25, 0.3) is 11.1 Å². The normalized spacial score (nSPS) is 10.5. The van der Waals surface area contributed by atoms with E-state index in [0.29, 0.717) is 17.1 Å². The molecule has 0 bridgehead atoms. The summed E-state index contributed by atoms with van der Waals surface area (Å²) in [6.45, 7) is 0. The van der Waals surface area contributed by atoms with Gasteiger partial charge in [-0.3, -0.25) is 9.59 Å². The number of pyridine rings is 2. The molecule has 25 heavy (non-hydrogen) atoms. The summed E-state index contributed by atoms with van der Waals surface area (Å²) >= 11 is 0. The summed E-state index contributed by atoms with van der Waals surface area (Å²) in [5, 5.41) is 0. The van der Waals surface area contributed by atoms with E-state index in [9.17, 15) is 9.59 Å². The van der Waals surface area contributed by atoms with Gasteiger partial charge in [0.05, 0.1) is 13.3 Å². The van der Waals surface area contributed by atoms with E-state index in [1.807, 2.05) is 0 Å². The fourth-order valence-corrected chi connectivity index (χ4v) is 2.44. The average molecular weight is 338 g/mol. The molecule has 3 rings (SSSR count). The minimum absolute atomic E-state index is 0.120. The highest BCUT2D eigenvalue weighted by Crippen LogP contribution is 2.32. The molecule has 6 heteroatoms. The molecule has 3 aromatic rings. The summed E-state index contributed by atoms with van der Waals surface area (Å²) in [5.74, 6) is 1.86. The van der Waals surface area contributed by atoms with E-state index in [-0.39, 0.29) is 11.1 Å². The predicted molar refractivity (Wildman–Crippen MR) is 95.4 cm³/mol. The average Bonchev–Trinajstić information content (AvgIpc) is 2.61. The highest BCUT2D eigenvalue weighted by atomic mass is 16.5. The van der Waals surface area contributed by atoms with Crippen LogP contribution in [0.3, 0.4) is 0 Å². The van der Waals surface area contributed by atoms with Crippen molar-refractivity contribution in [3.63, 3.8) is 0 Å². The lowest BCUT2D eigenvalue weighted by molar-refractivity contribution is 0.412. The quantitative estimate of drug-likeness (QED) is 0.733. The van der Waals surface area contributed by atoms with Crippen molar-refractivity contribution in [3.05, 3.63) is 75.6 Å². The maximum absolute atomic E-state index is 12.1. The standard InChI is InChI=1S/C19H18N2O4/c1-20-11-13(4-9-18(20)22)16-10-19(23)21(2)12-17(16)25-15-7-5-14(24-3)6-8-15/h4-12H,1-3H3. The summed E-state index contributed by atoms with van der Waals surface area (Å²) in [6, 6.07) is 11.8. The maximum atomic E-state index is 12.1. The van der Waals surface area contributed by atoms with Gasteiger partial charge in [-0.2, -0.15) is 0 Å². The molecular formula is C19H18N2O4. The summed E-state index contributed by atoms with van der Waals surface area (Å²) in [5.41, 5.74) is 1.06. The number of ether oxygens (including phenoxy) is 2. The molecule has 0 saturated heterocycles. The number of nitrogens with zero attached hydrogens (tertiary/aromatic N) is 2. The van der Waals surface area contributed by atoms with Crippen molar-refractivity contribution in [2.45, 2.75) is 0 Å². The molecule has 0 aliphatic rings. The zero-order valence-electron chi connectivity index (χ0n) is 14.2. The third-order valence-electron chi connectivity index (χ3n) is 3.88. The first-order valence-corrected chi connectivity index (χ1v) is 7.67. The van der Waals surface area contributed by atoms with E-state index in [0.717, 1.165) is 11.3 Å². The third kappa shape index (κ3) is 3.47. The second kappa shape index (κ2) is 6.68. The SMILES string of the molecule is COc1ccc(Oc2cn(C)c(=O)cc2-c2ccc(=O)n(C)c2)cc1. The predicted octanol–water partition coefficient (Wildman–Crippen LogP) is 2.55. The Balaban J connectivity index is 2.08. The van der Waals surface area contributed by atoms with Crippen molar-refractivity contribution < 1.29 is 9.47 Å². The second-order valence-corrected chi connectivity index (χ2v) is 5.65. The molecule has 0 unspecified atom stereocenters. The van der Waals surface area contributed by atoms with E-state index in [1.54, 1.807) is 63.9 Å². The van der Waals surface area contributed by atoms with Gasteiger partial charge in [0.25, 0.3) is 5.56 Å². The van der Waals surface area contributed by atoms with Gasteiger partial charge in [-0.15, -0.1) is 0 Å². The van der Waals surface area contributed by atoms with Gasteiger partial charge in [0.2, 0.25) is 5.56 Å². The lowest BCUT2D eigenvalue weighted by atomic mass is 10.1. The van der Waals surface area contributed by atoms with Crippen LogP contribution in [0, 0.1) is 0 Å². The Hall–Kier alpha value is -3.28. The van der Waals surface area contributed by atoms with Crippen molar-refractivity contribution in [1.29, 1.82) is 0 Å². The first-order chi connectivity index (χ1) is 12.0. The van der Waals surface area contributed by atoms with Gasteiger partial charge >= 0.3 is 0 Å². The van der Waals surface area contributed by atoms with Gasteiger partial charge in [-0.25, -0.2) is 0 Å². The summed E-state index contributed by atoms with van der Waals surface area (Å²) in [6.07, 6.45) is 3.31. The van der Waals surface area contributed by atoms with Crippen LogP contribution in [-0.4, -0.2) is 16.2 Å². The van der Waals surface area contributed by atoms with Crippen LogP contribution < -0.4 is 20.6 Å². The van der Waals surface area contributed by atoms with Crippen molar-refractivity contribution in [3.8, 4) is 28.4 Å². The van der Waals surface area contributed by atoms with Crippen LogP contribution in [0.4, 0.5) is 0 Å². The number of methoxy groups -OCH3 is 1. The number of hydrogen-bond acceptors (Lipinski definition) is 4. The molecule has 2 aromatic heterocycles. The minimum Gasteiger partial charge on any atom is -0.497 e. The highest BCUT2D eigenvalue weighted by molar-refractivity contribution is 5.69. The molecule has 128 valence electrons. The smallest absolute Gasteiger partial charge is 0.251 e. The number of hydrogen-bond donors (Lipinski definition) is 0. The second-order valence-electron chi connectivity index (χ2n) is 5.65. The number of aryl methyl sites for hydroxylation is 2. The number of aromatic nitrogens is 2. The largest absolute Gasteiger partial charge is 0.497 e. The third-order valence-corrected chi connectivity index (χ3v) is 3.88. The zero-order chi connectivity index (χ0) is 18.0. The molecule has 0 aliphatic heterocycles. The van der Waals surface area contributed by atoms with Crippen LogP contribution in [0.5, 0.6) is 17.2 Å². The Bertz CT molecular complexity index is 1020. The van der Waals surface area contributed by atoms with E-state index in [1.165, 1.54) is 21.3 Å². The molecule has 0 aliphatic carbocycles. The monoisotopic (exact) mass is 338 g/mol. The van der Waals surface area contributed by atoms with Gasteiger partial charge in [-0.1, -0.05) is 0 Å². The molecule has 0 spiro atoms. The highest BCUT2D eigenvalue weighted by Gasteiger charge is 2.11. The molecule has 2 heterocycles. The van der Waals surface area contributed by atoms with Crippen LogP contribution in [0.1, 0.15) is 0 Å². The summed E-state index contributed by atoms with van der Waals surface area (Å²) < 4.78 is 14.0. The van der Waals surface area contributed by atoms with E-state index in [4.69, 9.17) is 9.47 Å². The zero-order valence-corrected chi connectivity index (χ0v) is 14.2. The first kappa shape index (κ1) is 16.6. The fraction of sp³-hybridized carbons (Fsp3) is 0.158. The van der Waals surface area contributed by atoms with Crippen molar-refractivity contribution in [2.75, 3.05) is 7.11 Å². The van der Waals surface area contributed by atoms with Crippen molar-refractivity contribution in [1.82, 2.24) is 9.13 Å². The molecule has 0 fully saturated rings. The van der Waals surface area contributed by atoms with E-state index >= 15 is 0 Å². The van der Waals surface area contributed by atoms with Gasteiger partial charge in [0, 0.05) is 43.6 Å². The Kier molecular flexibility index (Phi) is 4.43. The molecule has 6 nitrogen and oxygen atoms in total. The summed E-state index contributed by atoms with van der Waals surface area (Å²) in [7, 11) is 4.92. The van der Waals surface area contributed by atoms with Crippen molar-refractivity contribution in [2.24, 2.45) is 14.1 Å². The Labute approximate surface area is 144 Å². The topological polar surface area (TPSA) is 62.5 Å². The molecule has 1 aromatic carbocycles.